The Bertz CT molecular complexity index is 313. The van der Waals surface area contributed by atoms with Crippen LogP contribution in [0.5, 0.6) is 0 Å². The van der Waals surface area contributed by atoms with Crippen LogP contribution in [0.4, 0.5) is 0 Å². The summed E-state index contributed by atoms with van der Waals surface area (Å²) in [4.78, 5) is 0. The normalized spacial score (nSPS) is 18.6. The Balaban J connectivity index is 2.01. The summed E-state index contributed by atoms with van der Waals surface area (Å²) in [5.41, 5.74) is 0.873. The van der Waals surface area contributed by atoms with Crippen LogP contribution >= 0.6 is 0 Å². The van der Waals surface area contributed by atoms with E-state index in [1.54, 1.807) is 6.42 Å². The monoisotopic (exact) mass is 219 g/mol. The van der Waals surface area contributed by atoms with Crippen molar-refractivity contribution < 1.29 is 10.2 Å². The van der Waals surface area contributed by atoms with Crippen LogP contribution in [0.3, 0.4) is 0 Å². The van der Waals surface area contributed by atoms with E-state index in [9.17, 15) is 10.2 Å². The first kappa shape index (κ1) is 11.6. The fourth-order valence-electron chi connectivity index (χ4n) is 2.44. The van der Waals surface area contributed by atoms with Gasteiger partial charge in [-0.1, -0.05) is 49.6 Å². The van der Waals surface area contributed by atoms with Crippen molar-refractivity contribution in [3.05, 3.63) is 42.3 Å². The highest BCUT2D eigenvalue weighted by molar-refractivity contribution is 5.25. The molecule has 2 heteroatoms. The lowest BCUT2D eigenvalue weighted by molar-refractivity contribution is -0.177. The minimum Gasteiger partial charge on any atom is -0.365 e. The average molecular weight is 219 g/mol. The Labute approximate surface area is 96.9 Å². The van der Waals surface area contributed by atoms with Crippen molar-refractivity contribution in [3.8, 4) is 0 Å². The molecular formula is C14H19O2. The predicted molar refractivity (Wildman–Crippen MR) is 63.6 cm³/mol. The quantitative estimate of drug-likeness (QED) is 0.767. The molecule has 0 aliphatic heterocycles. The number of benzene rings is 1. The van der Waals surface area contributed by atoms with E-state index in [4.69, 9.17) is 0 Å². The van der Waals surface area contributed by atoms with Crippen molar-refractivity contribution in [2.75, 3.05) is 0 Å². The van der Waals surface area contributed by atoms with E-state index >= 15 is 0 Å². The van der Waals surface area contributed by atoms with Gasteiger partial charge in [0.2, 0.25) is 0 Å². The molecule has 1 aliphatic rings. The van der Waals surface area contributed by atoms with Crippen LogP contribution in [0.15, 0.2) is 30.3 Å². The summed E-state index contributed by atoms with van der Waals surface area (Å²) in [6.45, 7) is 0. The van der Waals surface area contributed by atoms with Crippen molar-refractivity contribution in [2.24, 2.45) is 5.92 Å². The first-order valence-corrected chi connectivity index (χ1v) is 6.04. The first-order chi connectivity index (χ1) is 7.68. The molecule has 1 saturated carbocycles. The van der Waals surface area contributed by atoms with Crippen LogP contribution in [0.25, 0.3) is 0 Å². The molecule has 2 nitrogen and oxygen atoms in total. The lowest BCUT2D eigenvalue weighted by Gasteiger charge is -2.33. The Morgan fingerprint density at radius 3 is 2.25 bits per heavy atom. The third-order valence-corrected chi connectivity index (χ3v) is 3.38. The van der Waals surface area contributed by atoms with Gasteiger partial charge in [-0.15, -0.1) is 0 Å². The highest BCUT2D eigenvalue weighted by Gasteiger charge is 2.35. The number of aliphatic hydroxyl groups is 2. The highest BCUT2D eigenvalue weighted by atomic mass is 16.5. The van der Waals surface area contributed by atoms with E-state index < -0.39 is 5.79 Å². The van der Waals surface area contributed by atoms with Gasteiger partial charge < -0.3 is 10.2 Å². The van der Waals surface area contributed by atoms with Crippen molar-refractivity contribution >= 4 is 0 Å². The van der Waals surface area contributed by atoms with Gasteiger partial charge in [0, 0.05) is 12.3 Å². The molecule has 0 saturated heterocycles. The van der Waals surface area contributed by atoms with Crippen molar-refractivity contribution in [1.82, 2.24) is 0 Å². The molecule has 16 heavy (non-hydrogen) atoms. The molecule has 2 rings (SSSR count). The Morgan fingerprint density at radius 1 is 1.00 bits per heavy atom. The topological polar surface area (TPSA) is 40.5 Å². The molecule has 0 atom stereocenters. The van der Waals surface area contributed by atoms with Crippen LogP contribution in [0, 0.1) is 12.3 Å². The molecule has 0 heterocycles. The van der Waals surface area contributed by atoms with Gasteiger partial charge in [-0.2, -0.15) is 0 Å². The molecule has 1 aromatic carbocycles. The van der Waals surface area contributed by atoms with Gasteiger partial charge in [0.05, 0.1) is 0 Å². The largest absolute Gasteiger partial charge is 0.365 e. The fourth-order valence-corrected chi connectivity index (χ4v) is 2.44. The van der Waals surface area contributed by atoms with Crippen LogP contribution in [-0.4, -0.2) is 16.0 Å². The molecule has 0 bridgehead atoms. The minimum absolute atomic E-state index is 0.0125. The van der Waals surface area contributed by atoms with Crippen molar-refractivity contribution in [3.63, 3.8) is 0 Å². The van der Waals surface area contributed by atoms with Crippen LogP contribution in [-0.2, 0) is 0 Å². The Morgan fingerprint density at radius 2 is 1.62 bits per heavy atom. The number of hydrogen-bond acceptors (Lipinski definition) is 2. The summed E-state index contributed by atoms with van der Waals surface area (Å²) in [6, 6.07) is 9.52. The maximum atomic E-state index is 10.1. The summed E-state index contributed by atoms with van der Waals surface area (Å²) in [6.07, 6.45) is 6.83. The Hall–Kier alpha value is -0.860. The van der Waals surface area contributed by atoms with E-state index in [1.807, 2.05) is 30.3 Å². The standard InChI is InChI=1S/C14H19O2/c15-14(16,13-9-5-2-6-10-13)11-12-7-3-1-4-8-12/h1,3-4,7-8,11,13,15-16H,2,5-6,9-10H2. The predicted octanol–water partition coefficient (Wildman–Crippen LogP) is 2.50. The smallest absolute Gasteiger partial charge is 0.173 e. The maximum Gasteiger partial charge on any atom is 0.173 e. The van der Waals surface area contributed by atoms with Crippen LogP contribution < -0.4 is 0 Å². The average Bonchev–Trinajstić information content (AvgIpc) is 2.31. The van der Waals surface area contributed by atoms with Crippen LogP contribution in [0.1, 0.15) is 37.7 Å². The SMILES string of the molecule is OC(O)([CH]c1ccccc1)C1CCCCC1. The third kappa shape index (κ3) is 2.83. The number of rotatable bonds is 3. The lowest BCUT2D eigenvalue weighted by Crippen LogP contribution is -2.39. The fraction of sp³-hybridized carbons (Fsp3) is 0.500. The maximum absolute atomic E-state index is 10.1. The molecular weight excluding hydrogens is 200 g/mol. The summed E-state index contributed by atoms with van der Waals surface area (Å²) in [7, 11) is 0. The van der Waals surface area contributed by atoms with Gasteiger partial charge >= 0.3 is 0 Å². The molecule has 0 spiro atoms. The second kappa shape index (κ2) is 4.98. The van der Waals surface area contributed by atoms with E-state index in [-0.39, 0.29) is 5.92 Å². The van der Waals surface area contributed by atoms with E-state index in [2.05, 4.69) is 0 Å². The zero-order valence-electron chi connectivity index (χ0n) is 9.47. The van der Waals surface area contributed by atoms with E-state index in [0.717, 1.165) is 31.2 Å². The minimum atomic E-state index is -1.65. The molecule has 0 unspecified atom stereocenters. The van der Waals surface area contributed by atoms with Gasteiger partial charge in [0.1, 0.15) is 0 Å². The highest BCUT2D eigenvalue weighted by Crippen LogP contribution is 2.34. The van der Waals surface area contributed by atoms with Gasteiger partial charge in [0.25, 0.3) is 0 Å². The molecule has 1 aromatic rings. The number of hydrogen-bond donors (Lipinski definition) is 2. The summed E-state index contributed by atoms with van der Waals surface area (Å²) in [5.74, 6) is -1.66. The summed E-state index contributed by atoms with van der Waals surface area (Å²) >= 11 is 0. The van der Waals surface area contributed by atoms with Crippen molar-refractivity contribution in [2.45, 2.75) is 37.9 Å². The van der Waals surface area contributed by atoms with Gasteiger partial charge in [0.15, 0.2) is 5.79 Å². The van der Waals surface area contributed by atoms with Gasteiger partial charge in [-0.25, -0.2) is 0 Å². The summed E-state index contributed by atoms with van der Waals surface area (Å²) < 4.78 is 0. The third-order valence-electron chi connectivity index (χ3n) is 3.38. The molecule has 0 amide bonds. The molecule has 1 radical (unpaired) electrons. The van der Waals surface area contributed by atoms with Gasteiger partial charge in [-0.3, -0.25) is 0 Å². The molecule has 0 aromatic heterocycles. The zero-order valence-corrected chi connectivity index (χ0v) is 9.47. The van der Waals surface area contributed by atoms with E-state index in [0.29, 0.717) is 0 Å². The first-order valence-electron chi connectivity index (χ1n) is 6.04. The second-order valence-electron chi connectivity index (χ2n) is 4.67. The second-order valence-corrected chi connectivity index (χ2v) is 4.67. The van der Waals surface area contributed by atoms with E-state index in [1.165, 1.54) is 6.42 Å². The molecule has 1 fully saturated rings. The molecule has 87 valence electrons. The Kier molecular flexibility index (Phi) is 3.62. The van der Waals surface area contributed by atoms with Crippen LogP contribution in [0.2, 0.25) is 0 Å². The van der Waals surface area contributed by atoms with Crippen molar-refractivity contribution in [1.29, 1.82) is 0 Å². The molecule has 2 N–H and O–H groups in total. The molecule has 1 aliphatic carbocycles. The van der Waals surface area contributed by atoms with Gasteiger partial charge in [-0.05, 0) is 18.4 Å². The lowest BCUT2D eigenvalue weighted by atomic mass is 9.81. The summed E-state index contributed by atoms with van der Waals surface area (Å²) in [5, 5.41) is 20.2. The zero-order chi connectivity index (χ0) is 11.4.